The van der Waals surface area contributed by atoms with Gasteiger partial charge in [-0.25, -0.2) is 33.3 Å². The largest absolute Gasteiger partial charge is 0.371 e. The van der Waals surface area contributed by atoms with Crippen molar-refractivity contribution in [2.24, 2.45) is 5.92 Å². The van der Waals surface area contributed by atoms with E-state index >= 15 is 0 Å². The van der Waals surface area contributed by atoms with Crippen LogP contribution in [-0.2, 0) is 21.2 Å². The van der Waals surface area contributed by atoms with Crippen LogP contribution in [0.3, 0.4) is 0 Å². The lowest BCUT2D eigenvalue weighted by Crippen LogP contribution is -2.42. The van der Waals surface area contributed by atoms with E-state index < -0.39 is 15.9 Å². The molecule has 5 heterocycles. The fraction of sp³-hybridized carbons (Fsp3) is 0.440. The molecule has 11 nitrogen and oxygen atoms in total. The second-order valence-corrected chi connectivity index (χ2v) is 11.4. The van der Waals surface area contributed by atoms with Crippen molar-refractivity contribution < 1.29 is 13.2 Å². The number of carbonyl (C=O) groups is 1. The molecule has 3 aromatic heterocycles. The number of pyridine rings is 1. The van der Waals surface area contributed by atoms with Gasteiger partial charge in [0, 0.05) is 73.6 Å². The van der Waals surface area contributed by atoms with Crippen molar-refractivity contribution in [3.63, 3.8) is 0 Å². The minimum Gasteiger partial charge on any atom is -0.371 e. The maximum absolute atomic E-state index is 12.3. The molecule has 0 radical (unpaired) electrons. The molecular weight excluding hydrogens is 492 g/mol. The highest BCUT2D eigenvalue weighted by Crippen LogP contribution is 2.34. The first kappa shape index (κ1) is 25.0. The van der Waals surface area contributed by atoms with Gasteiger partial charge >= 0.3 is 0 Å². The summed E-state index contributed by atoms with van der Waals surface area (Å²) in [6.45, 7) is 6.22. The Morgan fingerprint density at radius 1 is 1.03 bits per heavy atom. The van der Waals surface area contributed by atoms with Gasteiger partial charge in [0.2, 0.25) is 15.9 Å². The zero-order valence-corrected chi connectivity index (χ0v) is 21.9. The lowest BCUT2D eigenvalue weighted by molar-refractivity contribution is -0.123. The minimum atomic E-state index is -3.55. The van der Waals surface area contributed by atoms with E-state index in [0.29, 0.717) is 37.6 Å². The van der Waals surface area contributed by atoms with Crippen LogP contribution in [0.5, 0.6) is 0 Å². The van der Waals surface area contributed by atoms with E-state index in [9.17, 15) is 13.2 Å². The Kier molecular flexibility index (Phi) is 6.76. The number of hydrogen-bond donors (Lipinski definition) is 1. The van der Waals surface area contributed by atoms with E-state index in [-0.39, 0.29) is 12.0 Å². The number of nitrogens with zero attached hydrogens (tertiary/aromatic N) is 7. The molecule has 1 amide bonds. The molecule has 194 valence electrons. The third-order valence-electron chi connectivity index (χ3n) is 6.91. The summed E-state index contributed by atoms with van der Waals surface area (Å²) in [5, 5.41) is 0. The zero-order valence-electron chi connectivity index (χ0n) is 21.1. The van der Waals surface area contributed by atoms with Crippen LogP contribution in [-0.4, -0.2) is 65.1 Å². The van der Waals surface area contributed by atoms with Gasteiger partial charge in [0.05, 0.1) is 18.0 Å². The van der Waals surface area contributed by atoms with Crippen molar-refractivity contribution in [3.05, 3.63) is 53.7 Å². The molecule has 5 rings (SSSR count). The number of rotatable bonds is 5. The van der Waals surface area contributed by atoms with Crippen LogP contribution >= 0.6 is 0 Å². The molecule has 37 heavy (non-hydrogen) atoms. The first-order chi connectivity index (χ1) is 17.7. The van der Waals surface area contributed by atoms with Crippen molar-refractivity contribution in [3.8, 4) is 11.6 Å². The van der Waals surface area contributed by atoms with Gasteiger partial charge < -0.3 is 9.80 Å². The number of piperidine rings is 1. The average molecular weight is 523 g/mol. The second kappa shape index (κ2) is 10.0. The second-order valence-electron chi connectivity index (χ2n) is 9.61. The minimum absolute atomic E-state index is 0.0436. The maximum Gasteiger partial charge on any atom is 0.236 e. The Hall–Kier alpha value is -3.67. The van der Waals surface area contributed by atoms with Crippen molar-refractivity contribution in [1.29, 1.82) is 0 Å². The molecular formula is C25H30N8O3S. The molecule has 1 atom stereocenters. The smallest absolute Gasteiger partial charge is 0.236 e. The third kappa shape index (κ3) is 5.53. The molecule has 2 aliphatic heterocycles. The van der Waals surface area contributed by atoms with Crippen molar-refractivity contribution in [2.75, 3.05) is 35.7 Å². The number of nitrogens with one attached hydrogen (secondary N) is 1. The van der Waals surface area contributed by atoms with Gasteiger partial charge in [0.15, 0.2) is 11.6 Å². The monoisotopic (exact) mass is 522 g/mol. The summed E-state index contributed by atoms with van der Waals surface area (Å²) in [7, 11) is -3.55. The van der Waals surface area contributed by atoms with Crippen LogP contribution in [0.1, 0.15) is 42.8 Å². The molecule has 0 aliphatic carbocycles. The van der Waals surface area contributed by atoms with Crippen molar-refractivity contribution >= 4 is 27.4 Å². The summed E-state index contributed by atoms with van der Waals surface area (Å²) in [5.74, 6) is 1.21. The highest BCUT2D eigenvalue weighted by atomic mass is 32.2. The summed E-state index contributed by atoms with van der Waals surface area (Å²) in [6, 6.07) is 5.96. The summed E-state index contributed by atoms with van der Waals surface area (Å²) in [5.41, 5.74) is 4.03. The average Bonchev–Trinajstić information content (AvgIpc) is 2.88. The number of sulfonamides is 1. The van der Waals surface area contributed by atoms with E-state index in [4.69, 9.17) is 9.97 Å². The standard InChI is InChI=1S/C25H30N8O3S/c1-16-13-19(32-10-5-18(6-11-32)25(34)31-37(3,35)36)14-22(29-16)33-12-7-21-20(17(33)2)15-28-24(30-21)23-26-8-4-9-27-23/h4,8-9,13-15,17-18H,5-7,10-12H2,1-3H3,(H,31,34). The molecule has 0 bridgehead atoms. The van der Waals surface area contributed by atoms with Gasteiger partial charge in [0.25, 0.3) is 0 Å². The molecule has 1 unspecified atom stereocenters. The number of fused-ring (bicyclic) bond motifs is 1. The lowest BCUT2D eigenvalue weighted by Gasteiger charge is -2.37. The molecule has 3 aromatic rings. The van der Waals surface area contributed by atoms with E-state index in [1.54, 1.807) is 18.5 Å². The van der Waals surface area contributed by atoms with Crippen LogP contribution < -0.4 is 14.5 Å². The predicted molar refractivity (Wildman–Crippen MR) is 139 cm³/mol. The topological polar surface area (TPSA) is 134 Å². The number of carbonyl (C=O) groups excluding carboxylic acids is 1. The Balaban J connectivity index is 1.32. The molecule has 0 spiro atoms. The number of aryl methyl sites for hydroxylation is 1. The molecule has 1 N–H and O–H groups in total. The molecule has 1 fully saturated rings. The Morgan fingerprint density at radius 3 is 2.46 bits per heavy atom. The number of aromatic nitrogens is 5. The van der Waals surface area contributed by atoms with Gasteiger partial charge in [-0.05, 0) is 38.8 Å². The number of hydrogen-bond acceptors (Lipinski definition) is 10. The zero-order chi connectivity index (χ0) is 26.2. The molecule has 12 heteroatoms. The molecule has 1 saturated heterocycles. The van der Waals surface area contributed by atoms with Crippen LogP contribution in [0.4, 0.5) is 11.5 Å². The van der Waals surface area contributed by atoms with E-state index in [0.717, 1.165) is 47.7 Å². The highest BCUT2D eigenvalue weighted by Gasteiger charge is 2.30. The summed E-state index contributed by atoms with van der Waals surface area (Å²) >= 11 is 0. The van der Waals surface area contributed by atoms with Gasteiger partial charge in [-0.1, -0.05) is 0 Å². The lowest BCUT2D eigenvalue weighted by atomic mass is 9.96. The summed E-state index contributed by atoms with van der Waals surface area (Å²) < 4.78 is 24.9. The first-order valence-corrected chi connectivity index (χ1v) is 14.2. The van der Waals surface area contributed by atoms with Crippen LogP contribution in [0.15, 0.2) is 36.8 Å². The maximum atomic E-state index is 12.3. The third-order valence-corrected chi connectivity index (χ3v) is 7.48. The SMILES string of the molecule is Cc1cc(N2CCC(C(=O)NS(C)(=O)=O)CC2)cc(N2CCc3nc(-c4ncccn4)ncc3C2C)n1. The van der Waals surface area contributed by atoms with Gasteiger partial charge in [0.1, 0.15) is 5.82 Å². The Morgan fingerprint density at radius 2 is 1.76 bits per heavy atom. The van der Waals surface area contributed by atoms with Crippen molar-refractivity contribution in [1.82, 2.24) is 29.6 Å². The van der Waals surface area contributed by atoms with Gasteiger partial charge in [-0.2, -0.15) is 0 Å². The number of anilines is 2. The molecule has 0 aromatic carbocycles. The first-order valence-electron chi connectivity index (χ1n) is 12.3. The Labute approximate surface area is 216 Å². The predicted octanol–water partition coefficient (Wildman–Crippen LogP) is 2.05. The van der Waals surface area contributed by atoms with Gasteiger partial charge in [-0.15, -0.1) is 0 Å². The van der Waals surface area contributed by atoms with E-state index in [2.05, 4.69) is 48.5 Å². The normalized spacial score (nSPS) is 18.4. The summed E-state index contributed by atoms with van der Waals surface area (Å²) in [4.78, 5) is 39.4. The fourth-order valence-corrected chi connectivity index (χ4v) is 5.56. The van der Waals surface area contributed by atoms with Gasteiger partial charge in [-0.3, -0.25) is 9.52 Å². The highest BCUT2D eigenvalue weighted by molar-refractivity contribution is 7.89. The molecule has 2 aliphatic rings. The van der Waals surface area contributed by atoms with E-state index in [1.165, 1.54) is 0 Å². The fourth-order valence-electron chi connectivity index (χ4n) is 5.03. The summed E-state index contributed by atoms with van der Waals surface area (Å²) in [6.07, 6.45) is 8.19. The van der Waals surface area contributed by atoms with Crippen LogP contribution in [0.25, 0.3) is 11.6 Å². The van der Waals surface area contributed by atoms with Crippen LogP contribution in [0, 0.1) is 12.8 Å². The number of amides is 1. The molecule has 0 saturated carbocycles. The quantitative estimate of drug-likeness (QED) is 0.530. The van der Waals surface area contributed by atoms with Crippen molar-refractivity contribution in [2.45, 2.75) is 39.2 Å². The van der Waals surface area contributed by atoms with E-state index in [1.807, 2.05) is 13.1 Å². The van der Waals surface area contributed by atoms with Crippen LogP contribution in [0.2, 0.25) is 0 Å². The Bertz CT molecular complexity index is 1410.